The van der Waals surface area contributed by atoms with Crippen LogP contribution in [0.1, 0.15) is 51.9 Å². The van der Waals surface area contributed by atoms with Gasteiger partial charge in [0.15, 0.2) is 8.87 Å². The minimum Gasteiger partial charge on any atom is -0.784 e. The maximum atomic E-state index is 13.4. The molecule has 6 heteroatoms. The van der Waals surface area contributed by atoms with Crippen LogP contribution in [0.4, 0.5) is 0 Å². The molecule has 1 heterocycles. The van der Waals surface area contributed by atoms with Crippen molar-refractivity contribution >= 4 is 19.7 Å². The predicted molar refractivity (Wildman–Crippen MR) is 97.7 cm³/mol. The van der Waals surface area contributed by atoms with Crippen LogP contribution < -0.4 is 0 Å². The van der Waals surface area contributed by atoms with Crippen molar-refractivity contribution in [2.75, 3.05) is 12.0 Å². The van der Waals surface area contributed by atoms with E-state index in [2.05, 4.69) is 11.8 Å². The number of hydrogen-bond acceptors (Lipinski definition) is 5. The summed E-state index contributed by atoms with van der Waals surface area (Å²) < 4.78 is 22.4. The van der Waals surface area contributed by atoms with Crippen molar-refractivity contribution in [2.24, 2.45) is 23.7 Å². The third kappa shape index (κ3) is 2.63. The van der Waals surface area contributed by atoms with Gasteiger partial charge in [-0.25, -0.2) is 8.42 Å². The van der Waals surface area contributed by atoms with Crippen LogP contribution in [0.25, 0.3) is 0 Å². The molecule has 4 aliphatic carbocycles. The molecule has 0 N–H and O–H groups in total. The van der Waals surface area contributed by atoms with Crippen molar-refractivity contribution in [3.8, 4) is 11.8 Å². The van der Waals surface area contributed by atoms with Gasteiger partial charge in [0.2, 0.25) is 0 Å². The summed E-state index contributed by atoms with van der Waals surface area (Å²) in [4.78, 5) is 0. The van der Waals surface area contributed by atoms with Gasteiger partial charge in [-0.05, 0) is 86.3 Å². The Kier molecular flexibility index (Phi) is 4.04. The standard InChI is InChI=1S/C18H26NO3S2/c1-17(4-3-7-23-24(2,21)22)5-6-18(19(17)20)15-9-13-8-14(11-15)12-16(18)10-13/h13-16H,5-12H2,1-2H3/q-1. The summed E-state index contributed by atoms with van der Waals surface area (Å²) in [5.74, 6) is 9.16. The van der Waals surface area contributed by atoms with Crippen molar-refractivity contribution < 1.29 is 8.42 Å². The van der Waals surface area contributed by atoms with E-state index in [1.807, 2.05) is 6.92 Å². The molecule has 5 fully saturated rings. The molecule has 1 saturated heterocycles. The Morgan fingerprint density at radius 3 is 2.25 bits per heavy atom. The molecule has 0 aromatic heterocycles. The molecule has 1 aliphatic heterocycles. The second-order valence-corrected chi connectivity index (χ2v) is 13.1. The molecule has 1 spiro atoms. The zero-order chi connectivity index (χ0) is 17.2. The van der Waals surface area contributed by atoms with Gasteiger partial charge >= 0.3 is 0 Å². The van der Waals surface area contributed by atoms with E-state index in [1.54, 1.807) is 0 Å². The topological polar surface area (TPSA) is 60.4 Å². The van der Waals surface area contributed by atoms with Crippen LogP contribution >= 0.6 is 10.8 Å². The van der Waals surface area contributed by atoms with Gasteiger partial charge in [-0.3, -0.25) is 0 Å². The van der Waals surface area contributed by atoms with Crippen LogP contribution in [0.3, 0.4) is 0 Å². The second-order valence-electron chi connectivity index (χ2n) is 8.63. The van der Waals surface area contributed by atoms with Gasteiger partial charge in [-0.15, -0.1) is 0 Å². The van der Waals surface area contributed by atoms with Crippen molar-refractivity contribution in [3.63, 3.8) is 0 Å². The lowest BCUT2D eigenvalue weighted by atomic mass is 9.48. The van der Waals surface area contributed by atoms with Gasteiger partial charge in [-0.2, -0.15) is 0 Å². The largest absolute Gasteiger partial charge is 0.784 e. The summed E-state index contributed by atoms with van der Waals surface area (Å²) in [5.41, 5.74) is -0.825. The first-order valence-electron chi connectivity index (χ1n) is 9.05. The number of nitrogens with zero attached hydrogens (tertiary/aromatic N) is 1. The maximum Gasteiger partial charge on any atom is 0.199 e. The Hall–Kier alpha value is -0.220. The van der Waals surface area contributed by atoms with E-state index in [0.717, 1.165) is 35.5 Å². The molecule has 0 aromatic rings. The van der Waals surface area contributed by atoms with Crippen LogP contribution in [0, 0.1) is 40.7 Å². The molecular formula is C18H26NO3S2-. The zero-order valence-corrected chi connectivity index (χ0v) is 16.1. The highest BCUT2D eigenvalue weighted by atomic mass is 33.1. The Bertz CT molecular complexity index is 665. The Morgan fingerprint density at radius 1 is 1.12 bits per heavy atom. The van der Waals surface area contributed by atoms with Crippen molar-refractivity contribution in [2.45, 2.75) is 62.9 Å². The summed E-state index contributed by atoms with van der Waals surface area (Å²) >= 11 is 0. The fraction of sp³-hybridized carbons (Fsp3) is 0.889. The molecular weight excluding hydrogens is 342 g/mol. The van der Waals surface area contributed by atoms with Gasteiger partial charge in [0.1, 0.15) is 0 Å². The fourth-order valence-corrected chi connectivity index (χ4v) is 7.49. The minimum absolute atomic E-state index is 0.180. The van der Waals surface area contributed by atoms with Crippen LogP contribution in [0.5, 0.6) is 0 Å². The van der Waals surface area contributed by atoms with Crippen molar-refractivity contribution in [3.05, 3.63) is 5.21 Å². The van der Waals surface area contributed by atoms with E-state index in [9.17, 15) is 13.6 Å². The molecule has 0 aromatic carbocycles. The molecule has 4 bridgehead atoms. The summed E-state index contributed by atoms with van der Waals surface area (Å²) in [6, 6.07) is 0. The van der Waals surface area contributed by atoms with Gasteiger partial charge in [0, 0.05) is 11.8 Å². The quantitative estimate of drug-likeness (QED) is 0.553. The van der Waals surface area contributed by atoms with Gasteiger partial charge in [0.05, 0.1) is 11.3 Å². The maximum absolute atomic E-state index is 13.4. The smallest absolute Gasteiger partial charge is 0.199 e. The number of hydrogen-bond donors (Lipinski definition) is 0. The molecule has 4 nitrogen and oxygen atoms in total. The van der Waals surface area contributed by atoms with Crippen LogP contribution in [-0.4, -0.2) is 36.6 Å². The first-order valence-corrected chi connectivity index (χ1v) is 12.4. The summed E-state index contributed by atoms with van der Waals surface area (Å²) in [7, 11) is -2.23. The molecule has 0 radical (unpaired) electrons. The Balaban J connectivity index is 1.54. The third-order valence-corrected chi connectivity index (χ3v) is 9.42. The lowest BCUT2D eigenvalue weighted by Gasteiger charge is -2.66. The third-order valence-electron chi connectivity index (χ3n) is 7.09. The Morgan fingerprint density at radius 2 is 1.71 bits per heavy atom. The lowest BCUT2D eigenvalue weighted by Crippen LogP contribution is -2.64. The summed E-state index contributed by atoms with van der Waals surface area (Å²) in [5, 5.41) is 14.8. The predicted octanol–water partition coefficient (Wildman–Crippen LogP) is 3.23. The molecule has 4 saturated carbocycles. The van der Waals surface area contributed by atoms with E-state index < -0.39 is 14.4 Å². The molecule has 134 valence electrons. The van der Waals surface area contributed by atoms with Crippen LogP contribution in [0.15, 0.2) is 0 Å². The fourth-order valence-electron chi connectivity index (χ4n) is 6.32. The van der Waals surface area contributed by atoms with Crippen LogP contribution in [-0.2, 0) is 8.87 Å². The van der Waals surface area contributed by atoms with Crippen molar-refractivity contribution in [1.29, 1.82) is 0 Å². The van der Waals surface area contributed by atoms with Crippen molar-refractivity contribution in [1.82, 2.24) is 5.06 Å². The zero-order valence-electron chi connectivity index (χ0n) is 14.5. The normalized spacial score (nSPS) is 47.1. The molecule has 1 unspecified atom stereocenters. The molecule has 5 aliphatic rings. The average Bonchev–Trinajstić information content (AvgIpc) is 2.74. The van der Waals surface area contributed by atoms with E-state index in [1.165, 1.54) is 43.4 Å². The van der Waals surface area contributed by atoms with Gasteiger partial charge in [-0.1, -0.05) is 11.8 Å². The summed E-state index contributed by atoms with van der Waals surface area (Å²) in [6.07, 6.45) is 9.31. The Labute approximate surface area is 149 Å². The second kappa shape index (κ2) is 5.64. The highest BCUT2D eigenvalue weighted by Gasteiger charge is 2.62. The first kappa shape index (κ1) is 17.2. The number of hydroxylamine groups is 2. The van der Waals surface area contributed by atoms with Gasteiger partial charge < -0.3 is 10.3 Å². The highest BCUT2D eigenvalue weighted by Crippen LogP contribution is 2.64. The van der Waals surface area contributed by atoms with Crippen LogP contribution in [0.2, 0.25) is 0 Å². The van der Waals surface area contributed by atoms with E-state index >= 15 is 0 Å². The van der Waals surface area contributed by atoms with Gasteiger partial charge in [0.25, 0.3) is 0 Å². The highest BCUT2D eigenvalue weighted by molar-refractivity contribution is 8.71. The molecule has 5 rings (SSSR count). The van der Waals surface area contributed by atoms with E-state index in [0.29, 0.717) is 11.8 Å². The molecule has 0 amide bonds. The van der Waals surface area contributed by atoms with E-state index in [4.69, 9.17) is 0 Å². The lowest BCUT2D eigenvalue weighted by molar-refractivity contribution is -0.115. The SMILES string of the molecule is CC1(C#CCSS(C)(=O)=O)CCC2(C3CC4CC(C3)CC2C4)N1[O-]. The number of rotatable bonds is 2. The first-order chi connectivity index (χ1) is 11.2. The molecule has 24 heavy (non-hydrogen) atoms. The summed E-state index contributed by atoms with van der Waals surface area (Å²) in [6.45, 7) is 1.96. The minimum atomic E-state index is -3.07. The monoisotopic (exact) mass is 368 g/mol. The molecule has 1 atom stereocenters. The van der Waals surface area contributed by atoms with E-state index in [-0.39, 0.29) is 11.3 Å². The average molecular weight is 369 g/mol.